The molecule has 2 unspecified atom stereocenters. The lowest BCUT2D eigenvalue weighted by atomic mass is 9.98. The van der Waals surface area contributed by atoms with Crippen molar-refractivity contribution in [2.24, 2.45) is 0 Å². The van der Waals surface area contributed by atoms with Crippen LogP contribution in [0, 0.1) is 0 Å². The quantitative estimate of drug-likeness (QED) is 0.930. The maximum atomic E-state index is 12.4. The van der Waals surface area contributed by atoms with Crippen molar-refractivity contribution in [2.45, 2.75) is 51.9 Å². The van der Waals surface area contributed by atoms with Crippen molar-refractivity contribution < 1.29 is 19.4 Å². The van der Waals surface area contributed by atoms with Crippen LogP contribution < -0.4 is 0 Å². The Morgan fingerprint density at radius 2 is 2.22 bits per heavy atom. The highest BCUT2D eigenvalue weighted by molar-refractivity contribution is 5.69. The molecule has 1 aromatic rings. The molecule has 0 saturated carbocycles. The van der Waals surface area contributed by atoms with Gasteiger partial charge >= 0.3 is 6.09 Å². The minimum absolute atomic E-state index is 0.302. The zero-order valence-corrected chi connectivity index (χ0v) is 14.4. The lowest BCUT2D eigenvalue weighted by Gasteiger charge is -2.39. The van der Waals surface area contributed by atoms with Gasteiger partial charge in [0.15, 0.2) is 0 Å². The average molecular weight is 321 g/mol. The summed E-state index contributed by atoms with van der Waals surface area (Å²) >= 11 is 0. The van der Waals surface area contributed by atoms with Crippen molar-refractivity contribution in [2.75, 3.05) is 19.8 Å². The summed E-state index contributed by atoms with van der Waals surface area (Å²) in [6.07, 6.45) is -0.303. The highest BCUT2D eigenvalue weighted by atomic mass is 16.6. The SMILES string of the molecule is CCc1cccc(C(O)C2COCCN2C(=O)OC(C)(C)C)c1. The van der Waals surface area contributed by atoms with E-state index in [9.17, 15) is 9.90 Å². The molecule has 5 nitrogen and oxygen atoms in total. The molecule has 0 aromatic heterocycles. The Bertz CT molecular complexity index is 538. The van der Waals surface area contributed by atoms with Crippen LogP contribution in [0.15, 0.2) is 24.3 Å². The first-order valence-electron chi connectivity index (χ1n) is 8.16. The van der Waals surface area contributed by atoms with Crippen molar-refractivity contribution in [3.63, 3.8) is 0 Å². The molecule has 0 radical (unpaired) electrons. The Hall–Kier alpha value is -1.59. The van der Waals surface area contributed by atoms with E-state index in [4.69, 9.17) is 9.47 Å². The summed E-state index contributed by atoms with van der Waals surface area (Å²) in [6, 6.07) is 7.38. The molecule has 0 spiro atoms. The van der Waals surface area contributed by atoms with Gasteiger partial charge in [0.2, 0.25) is 0 Å². The second kappa shape index (κ2) is 7.32. The van der Waals surface area contributed by atoms with Gasteiger partial charge in [0.1, 0.15) is 11.7 Å². The van der Waals surface area contributed by atoms with Crippen LogP contribution >= 0.6 is 0 Å². The molecule has 2 rings (SSSR count). The summed E-state index contributed by atoms with van der Waals surface area (Å²) < 4.78 is 10.9. The number of hydrogen-bond acceptors (Lipinski definition) is 4. The molecule has 0 bridgehead atoms. The Kier molecular flexibility index (Phi) is 5.65. The van der Waals surface area contributed by atoms with Gasteiger partial charge in [-0.3, -0.25) is 4.90 Å². The number of amides is 1. The average Bonchev–Trinajstić information content (AvgIpc) is 2.52. The molecule has 1 amide bonds. The molecular formula is C18H27NO4. The van der Waals surface area contributed by atoms with Crippen LogP contribution in [-0.4, -0.2) is 47.5 Å². The van der Waals surface area contributed by atoms with Crippen molar-refractivity contribution in [3.8, 4) is 0 Å². The van der Waals surface area contributed by atoms with Crippen LogP contribution in [-0.2, 0) is 15.9 Å². The third kappa shape index (κ3) is 4.69. The van der Waals surface area contributed by atoms with E-state index in [0.717, 1.165) is 17.5 Å². The van der Waals surface area contributed by atoms with Crippen molar-refractivity contribution in [1.82, 2.24) is 4.90 Å². The molecule has 23 heavy (non-hydrogen) atoms. The summed E-state index contributed by atoms with van der Waals surface area (Å²) in [6.45, 7) is 8.76. The van der Waals surface area contributed by atoms with E-state index in [1.165, 1.54) is 0 Å². The topological polar surface area (TPSA) is 59.0 Å². The van der Waals surface area contributed by atoms with Crippen molar-refractivity contribution in [3.05, 3.63) is 35.4 Å². The molecule has 1 saturated heterocycles. The number of aliphatic hydroxyl groups excluding tert-OH is 1. The van der Waals surface area contributed by atoms with E-state index in [1.54, 1.807) is 4.90 Å². The lowest BCUT2D eigenvalue weighted by Crippen LogP contribution is -2.52. The fourth-order valence-electron chi connectivity index (χ4n) is 2.65. The van der Waals surface area contributed by atoms with Crippen LogP contribution in [0.1, 0.15) is 44.9 Å². The Labute approximate surface area is 138 Å². The van der Waals surface area contributed by atoms with Gasteiger partial charge in [0.05, 0.1) is 19.3 Å². The highest BCUT2D eigenvalue weighted by Crippen LogP contribution is 2.26. The van der Waals surface area contributed by atoms with Gasteiger partial charge < -0.3 is 14.6 Å². The zero-order chi connectivity index (χ0) is 17.0. The smallest absolute Gasteiger partial charge is 0.410 e. The minimum atomic E-state index is -0.797. The molecule has 1 aliphatic rings. The molecule has 1 N–H and O–H groups in total. The molecule has 128 valence electrons. The van der Waals surface area contributed by atoms with Crippen LogP contribution in [0.4, 0.5) is 4.79 Å². The number of carbonyl (C=O) groups is 1. The Morgan fingerprint density at radius 3 is 2.87 bits per heavy atom. The number of carbonyl (C=O) groups excluding carboxylic acids is 1. The van der Waals surface area contributed by atoms with Crippen molar-refractivity contribution >= 4 is 6.09 Å². The third-order valence-electron chi connectivity index (χ3n) is 3.86. The maximum Gasteiger partial charge on any atom is 0.410 e. The lowest BCUT2D eigenvalue weighted by molar-refractivity contribution is -0.0672. The van der Waals surface area contributed by atoms with Gasteiger partial charge in [0.25, 0.3) is 0 Å². The number of nitrogens with zero attached hydrogens (tertiary/aromatic N) is 1. The number of ether oxygens (including phenoxy) is 2. The predicted octanol–water partition coefficient (Wildman–Crippen LogP) is 2.92. The highest BCUT2D eigenvalue weighted by Gasteiger charge is 2.36. The zero-order valence-electron chi connectivity index (χ0n) is 14.4. The Morgan fingerprint density at radius 1 is 1.48 bits per heavy atom. The minimum Gasteiger partial charge on any atom is -0.444 e. The molecule has 1 aromatic carbocycles. The summed E-state index contributed by atoms with van der Waals surface area (Å²) in [5, 5.41) is 10.8. The molecular weight excluding hydrogens is 294 g/mol. The number of aliphatic hydroxyl groups is 1. The molecule has 1 heterocycles. The fraction of sp³-hybridized carbons (Fsp3) is 0.611. The van der Waals surface area contributed by atoms with E-state index in [1.807, 2.05) is 45.0 Å². The van der Waals surface area contributed by atoms with Crippen LogP contribution in [0.3, 0.4) is 0 Å². The summed E-state index contributed by atoms with van der Waals surface area (Å²) in [5.41, 5.74) is 1.39. The van der Waals surface area contributed by atoms with E-state index < -0.39 is 23.8 Å². The second-order valence-electron chi connectivity index (χ2n) is 6.86. The van der Waals surface area contributed by atoms with Gasteiger partial charge in [0, 0.05) is 6.54 Å². The number of rotatable bonds is 3. The molecule has 1 aliphatic heterocycles. The van der Waals surface area contributed by atoms with E-state index in [-0.39, 0.29) is 0 Å². The van der Waals surface area contributed by atoms with E-state index >= 15 is 0 Å². The van der Waals surface area contributed by atoms with Gasteiger partial charge in [-0.2, -0.15) is 0 Å². The normalized spacial score (nSPS) is 20.2. The molecule has 1 fully saturated rings. The van der Waals surface area contributed by atoms with Gasteiger partial charge in [-0.05, 0) is 38.3 Å². The second-order valence-corrected chi connectivity index (χ2v) is 6.86. The third-order valence-corrected chi connectivity index (χ3v) is 3.86. The fourth-order valence-corrected chi connectivity index (χ4v) is 2.65. The first-order chi connectivity index (χ1) is 10.8. The molecule has 5 heteroatoms. The van der Waals surface area contributed by atoms with Crippen LogP contribution in [0.25, 0.3) is 0 Å². The first kappa shape index (κ1) is 17.8. The monoisotopic (exact) mass is 321 g/mol. The number of morpholine rings is 1. The standard InChI is InChI=1S/C18H27NO4/c1-5-13-7-6-8-14(11-13)16(20)15-12-22-10-9-19(15)17(21)23-18(2,3)4/h6-8,11,15-16,20H,5,9-10,12H2,1-4H3. The first-order valence-corrected chi connectivity index (χ1v) is 8.16. The van der Waals surface area contributed by atoms with Crippen LogP contribution in [0.5, 0.6) is 0 Å². The largest absolute Gasteiger partial charge is 0.444 e. The maximum absolute atomic E-state index is 12.4. The summed E-state index contributed by atoms with van der Waals surface area (Å²) in [4.78, 5) is 14.0. The number of aryl methyl sites for hydroxylation is 1. The number of benzene rings is 1. The van der Waals surface area contributed by atoms with Gasteiger partial charge in [-0.25, -0.2) is 4.79 Å². The molecule has 0 aliphatic carbocycles. The molecule has 2 atom stereocenters. The van der Waals surface area contributed by atoms with Gasteiger partial charge in [-0.1, -0.05) is 31.2 Å². The number of hydrogen-bond donors (Lipinski definition) is 1. The van der Waals surface area contributed by atoms with Gasteiger partial charge in [-0.15, -0.1) is 0 Å². The van der Waals surface area contributed by atoms with E-state index in [0.29, 0.717) is 19.8 Å². The Balaban J connectivity index is 2.18. The predicted molar refractivity (Wildman–Crippen MR) is 88.3 cm³/mol. The summed E-state index contributed by atoms with van der Waals surface area (Å²) in [5.74, 6) is 0. The van der Waals surface area contributed by atoms with Crippen LogP contribution in [0.2, 0.25) is 0 Å². The van der Waals surface area contributed by atoms with Crippen molar-refractivity contribution in [1.29, 1.82) is 0 Å². The summed E-state index contributed by atoms with van der Waals surface area (Å²) in [7, 11) is 0. The van der Waals surface area contributed by atoms with E-state index in [2.05, 4.69) is 6.92 Å².